The molecule has 1 aliphatic carbocycles. The second kappa shape index (κ2) is 5.28. The number of rotatable bonds is 4. The summed E-state index contributed by atoms with van der Waals surface area (Å²) in [5.41, 5.74) is 4.05. The summed E-state index contributed by atoms with van der Waals surface area (Å²) in [6, 6.07) is 10.9. The van der Waals surface area contributed by atoms with Gasteiger partial charge in [0.15, 0.2) is 0 Å². The Hall–Kier alpha value is -1.83. The monoisotopic (exact) mass is 267 g/mol. The maximum Gasteiger partial charge on any atom is 0.226 e. The average molecular weight is 267 g/mol. The zero-order valence-corrected chi connectivity index (χ0v) is 12.3. The molecule has 0 fully saturated rings. The fourth-order valence-corrected chi connectivity index (χ4v) is 3.31. The van der Waals surface area contributed by atoms with Crippen LogP contribution in [0.5, 0.6) is 0 Å². The molecule has 2 heteroatoms. The van der Waals surface area contributed by atoms with Crippen molar-refractivity contribution < 1.29 is 4.79 Å². The summed E-state index contributed by atoms with van der Waals surface area (Å²) in [4.78, 5) is 14.2. The number of aryl methyl sites for hydroxylation is 2. The van der Waals surface area contributed by atoms with Gasteiger partial charge in [0.05, 0.1) is 6.42 Å². The number of likely N-dealkylation sites (N-methyl/N-ethyl adjacent to an activating group) is 1. The molecule has 2 aromatic carbocycles. The Bertz CT molecular complexity index is 646. The van der Waals surface area contributed by atoms with Crippen molar-refractivity contribution >= 4 is 16.7 Å². The Morgan fingerprint density at radius 3 is 2.45 bits per heavy atom. The van der Waals surface area contributed by atoms with Gasteiger partial charge >= 0.3 is 0 Å². The Morgan fingerprint density at radius 2 is 1.75 bits per heavy atom. The molecule has 0 N–H and O–H groups in total. The maximum atomic E-state index is 12.3. The van der Waals surface area contributed by atoms with E-state index in [4.69, 9.17) is 0 Å². The number of hydrogen-bond donors (Lipinski definition) is 0. The van der Waals surface area contributed by atoms with Crippen molar-refractivity contribution in [2.24, 2.45) is 0 Å². The van der Waals surface area contributed by atoms with Crippen molar-refractivity contribution in [2.75, 3.05) is 13.1 Å². The Kier molecular flexibility index (Phi) is 3.47. The molecule has 0 saturated carbocycles. The molecule has 0 radical (unpaired) electrons. The quantitative estimate of drug-likeness (QED) is 0.832. The summed E-state index contributed by atoms with van der Waals surface area (Å²) in [7, 11) is 0. The van der Waals surface area contributed by atoms with Gasteiger partial charge in [-0.3, -0.25) is 4.79 Å². The number of carbonyl (C=O) groups is 1. The zero-order chi connectivity index (χ0) is 14.1. The van der Waals surface area contributed by atoms with Gasteiger partial charge in [0.2, 0.25) is 5.91 Å². The van der Waals surface area contributed by atoms with Crippen LogP contribution in [0.1, 0.15) is 30.5 Å². The van der Waals surface area contributed by atoms with E-state index in [1.807, 2.05) is 18.7 Å². The van der Waals surface area contributed by atoms with E-state index >= 15 is 0 Å². The number of carbonyl (C=O) groups excluding carboxylic acids is 1. The Labute approximate surface area is 120 Å². The minimum absolute atomic E-state index is 0.230. The van der Waals surface area contributed by atoms with Gasteiger partial charge in [-0.2, -0.15) is 0 Å². The molecule has 3 rings (SSSR count). The molecule has 2 aromatic rings. The lowest BCUT2D eigenvalue weighted by atomic mass is 9.98. The highest BCUT2D eigenvalue weighted by Crippen LogP contribution is 2.33. The number of hydrogen-bond acceptors (Lipinski definition) is 1. The predicted molar refractivity (Wildman–Crippen MR) is 83.0 cm³/mol. The maximum absolute atomic E-state index is 12.3. The van der Waals surface area contributed by atoms with E-state index in [9.17, 15) is 4.79 Å². The van der Waals surface area contributed by atoms with E-state index in [0.29, 0.717) is 6.42 Å². The summed E-state index contributed by atoms with van der Waals surface area (Å²) >= 11 is 0. The highest BCUT2D eigenvalue weighted by atomic mass is 16.2. The molecule has 2 nitrogen and oxygen atoms in total. The Morgan fingerprint density at radius 1 is 1.05 bits per heavy atom. The first kappa shape index (κ1) is 13.2. The van der Waals surface area contributed by atoms with E-state index < -0.39 is 0 Å². The third-order valence-electron chi connectivity index (χ3n) is 4.43. The molecule has 104 valence electrons. The smallest absolute Gasteiger partial charge is 0.226 e. The van der Waals surface area contributed by atoms with Gasteiger partial charge in [-0.25, -0.2) is 0 Å². The number of nitrogens with zero attached hydrogens (tertiary/aromatic N) is 1. The zero-order valence-electron chi connectivity index (χ0n) is 12.3. The molecule has 0 heterocycles. The molecular weight excluding hydrogens is 246 g/mol. The van der Waals surface area contributed by atoms with Crippen LogP contribution in [-0.2, 0) is 24.1 Å². The first-order chi connectivity index (χ1) is 9.74. The van der Waals surface area contributed by atoms with Gasteiger partial charge in [-0.1, -0.05) is 30.3 Å². The second-order valence-electron chi connectivity index (χ2n) is 5.47. The van der Waals surface area contributed by atoms with E-state index in [2.05, 4.69) is 30.3 Å². The van der Waals surface area contributed by atoms with E-state index in [1.165, 1.54) is 27.5 Å². The molecule has 0 saturated heterocycles. The van der Waals surface area contributed by atoms with Crippen molar-refractivity contribution in [1.82, 2.24) is 4.90 Å². The van der Waals surface area contributed by atoms with Crippen LogP contribution in [0.2, 0.25) is 0 Å². The lowest BCUT2D eigenvalue weighted by Crippen LogP contribution is -2.31. The summed E-state index contributed by atoms with van der Waals surface area (Å²) in [6.45, 7) is 5.65. The van der Waals surface area contributed by atoms with E-state index in [1.54, 1.807) is 0 Å². The molecule has 0 bridgehead atoms. The van der Waals surface area contributed by atoms with Crippen LogP contribution in [-0.4, -0.2) is 23.9 Å². The molecule has 1 aliphatic rings. The highest BCUT2D eigenvalue weighted by Gasteiger charge is 2.18. The predicted octanol–water partition coefficient (Wildman–Crippen LogP) is 3.35. The van der Waals surface area contributed by atoms with Crippen LogP contribution in [0.3, 0.4) is 0 Å². The van der Waals surface area contributed by atoms with Crippen molar-refractivity contribution in [3.63, 3.8) is 0 Å². The van der Waals surface area contributed by atoms with Crippen molar-refractivity contribution in [3.8, 4) is 0 Å². The first-order valence-corrected chi connectivity index (χ1v) is 7.54. The van der Waals surface area contributed by atoms with Crippen LogP contribution in [0.25, 0.3) is 10.8 Å². The number of benzene rings is 2. The minimum atomic E-state index is 0.230. The molecule has 0 unspecified atom stereocenters. The molecule has 0 aromatic heterocycles. The molecule has 0 atom stereocenters. The van der Waals surface area contributed by atoms with Crippen LogP contribution < -0.4 is 0 Å². The average Bonchev–Trinajstić information content (AvgIpc) is 2.88. The van der Waals surface area contributed by atoms with Crippen molar-refractivity contribution in [3.05, 3.63) is 47.0 Å². The fourth-order valence-electron chi connectivity index (χ4n) is 3.31. The van der Waals surface area contributed by atoms with E-state index in [-0.39, 0.29) is 5.91 Å². The van der Waals surface area contributed by atoms with Gasteiger partial charge in [-0.15, -0.1) is 0 Å². The number of amides is 1. The highest BCUT2D eigenvalue weighted by molar-refractivity contribution is 5.95. The minimum Gasteiger partial charge on any atom is -0.343 e. The molecule has 0 spiro atoms. The van der Waals surface area contributed by atoms with Gasteiger partial charge in [0.1, 0.15) is 0 Å². The largest absolute Gasteiger partial charge is 0.343 e. The van der Waals surface area contributed by atoms with Gasteiger partial charge in [0, 0.05) is 13.1 Å². The van der Waals surface area contributed by atoms with Crippen LogP contribution in [0, 0.1) is 0 Å². The normalized spacial score (nSPS) is 12.9. The summed E-state index contributed by atoms with van der Waals surface area (Å²) < 4.78 is 0. The third kappa shape index (κ3) is 2.09. The van der Waals surface area contributed by atoms with Crippen molar-refractivity contribution in [2.45, 2.75) is 33.1 Å². The molecule has 1 amide bonds. The van der Waals surface area contributed by atoms with E-state index in [0.717, 1.165) is 25.9 Å². The Balaban J connectivity index is 1.99. The summed E-state index contributed by atoms with van der Waals surface area (Å²) in [6.07, 6.45) is 2.79. The fraction of sp³-hybridized carbons (Fsp3) is 0.389. The topological polar surface area (TPSA) is 20.3 Å². The van der Waals surface area contributed by atoms with Gasteiger partial charge in [-0.05, 0) is 54.2 Å². The van der Waals surface area contributed by atoms with Gasteiger partial charge < -0.3 is 4.90 Å². The van der Waals surface area contributed by atoms with Crippen LogP contribution >= 0.6 is 0 Å². The molecular formula is C18H21NO. The standard InChI is InChI=1S/C18H21NO/c1-3-19(4-2)17(20)12-15-11-10-14-9-8-13-6-5-7-16(15)18(13)14/h5-7,10-11H,3-4,8-9,12H2,1-2H3. The van der Waals surface area contributed by atoms with Gasteiger partial charge in [0.25, 0.3) is 0 Å². The summed E-state index contributed by atoms with van der Waals surface area (Å²) in [5, 5.41) is 2.68. The molecule has 0 aliphatic heterocycles. The van der Waals surface area contributed by atoms with Crippen LogP contribution in [0.4, 0.5) is 0 Å². The SMILES string of the molecule is CCN(CC)C(=O)Cc1ccc2c3c(cccc13)CC2. The summed E-state index contributed by atoms with van der Waals surface area (Å²) in [5.74, 6) is 0.230. The molecule has 20 heavy (non-hydrogen) atoms. The van der Waals surface area contributed by atoms with Crippen LogP contribution in [0.15, 0.2) is 30.3 Å². The third-order valence-corrected chi connectivity index (χ3v) is 4.43. The first-order valence-electron chi connectivity index (χ1n) is 7.54. The van der Waals surface area contributed by atoms with Crippen molar-refractivity contribution in [1.29, 1.82) is 0 Å². The lowest BCUT2D eigenvalue weighted by molar-refractivity contribution is -0.130. The second-order valence-corrected chi connectivity index (χ2v) is 5.47. The lowest BCUT2D eigenvalue weighted by Gasteiger charge is -2.19.